The number of amides is 1. The quantitative estimate of drug-likeness (QED) is 0.864. The third-order valence-electron chi connectivity index (χ3n) is 3.25. The van der Waals surface area contributed by atoms with E-state index in [1.54, 1.807) is 7.11 Å². The molecule has 1 aliphatic heterocycles. The molecule has 1 amide bonds. The summed E-state index contributed by atoms with van der Waals surface area (Å²) in [5.74, 6) is 0.617. The number of hydrogen-bond acceptors (Lipinski definition) is 3. The van der Waals surface area contributed by atoms with E-state index in [4.69, 9.17) is 4.74 Å². The standard InChI is InChI=1S/C14H20N2O2/c1-10(17)16-13-9-11(6-7-14(13)18-2)12-5-3-4-8-15-12/h6-7,9,12,15H,3-5,8H2,1-2H3,(H,16,17). The van der Waals surface area contributed by atoms with Crippen molar-refractivity contribution in [3.63, 3.8) is 0 Å². The van der Waals surface area contributed by atoms with Crippen molar-refractivity contribution in [3.05, 3.63) is 23.8 Å². The lowest BCUT2D eigenvalue weighted by atomic mass is 9.97. The Bertz CT molecular complexity index is 426. The first-order valence-electron chi connectivity index (χ1n) is 6.39. The highest BCUT2D eigenvalue weighted by Gasteiger charge is 2.16. The minimum atomic E-state index is -0.0814. The van der Waals surface area contributed by atoms with E-state index in [-0.39, 0.29) is 5.91 Å². The van der Waals surface area contributed by atoms with Crippen molar-refractivity contribution in [2.75, 3.05) is 19.0 Å². The van der Waals surface area contributed by atoms with Crippen LogP contribution in [0, 0.1) is 0 Å². The number of benzene rings is 1. The number of anilines is 1. The van der Waals surface area contributed by atoms with Crippen molar-refractivity contribution in [3.8, 4) is 5.75 Å². The smallest absolute Gasteiger partial charge is 0.221 e. The van der Waals surface area contributed by atoms with Gasteiger partial charge in [0, 0.05) is 13.0 Å². The number of carbonyl (C=O) groups is 1. The lowest BCUT2D eigenvalue weighted by molar-refractivity contribution is -0.114. The molecule has 18 heavy (non-hydrogen) atoms. The lowest BCUT2D eigenvalue weighted by Crippen LogP contribution is -2.26. The molecule has 0 bridgehead atoms. The van der Waals surface area contributed by atoms with Gasteiger partial charge >= 0.3 is 0 Å². The highest BCUT2D eigenvalue weighted by Crippen LogP contribution is 2.30. The van der Waals surface area contributed by atoms with Gasteiger partial charge in [0.1, 0.15) is 5.75 Å². The summed E-state index contributed by atoms with van der Waals surface area (Å²) >= 11 is 0. The Morgan fingerprint density at radius 3 is 2.89 bits per heavy atom. The molecule has 1 heterocycles. The van der Waals surface area contributed by atoms with Crippen LogP contribution in [0.5, 0.6) is 5.75 Å². The number of piperidine rings is 1. The van der Waals surface area contributed by atoms with Gasteiger partial charge in [-0.3, -0.25) is 4.79 Å². The first-order valence-corrected chi connectivity index (χ1v) is 6.39. The number of hydrogen-bond donors (Lipinski definition) is 2. The molecule has 0 saturated carbocycles. The average Bonchev–Trinajstić information content (AvgIpc) is 2.39. The monoisotopic (exact) mass is 248 g/mol. The van der Waals surface area contributed by atoms with Crippen molar-refractivity contribution >= 4 is 11.6 Å². The van der Waals surface area contributed by atoms with Crippen LogP contribution in [0.1, 0.15) is 37.8 Å². The van der Waals surface area contributed by atoms with Crippen LogP contribution < -0.4 is 15.4 Å². The van der Waals surface area contributed by atoms with Crippen LogP contribution in [-0.2, 0) is 4.79 Å². The molecule has 0 radical (unpaired) electrons. The van der Waals surface area contributed by atoms with Gasteiger partial charge in [-0.05, 0) is 37.1 Å². The molecule has 2 N–H and O–H groups in total. The second-order valence-corrected chi connectivity index (χ2v) is 4.64. The molecule has 1 aliphatic rings. The van der Waals surface area contributed by atoms with Gasteiger partial charge in [-0.25, -0.2) is 0 Å². The molecule has 0 aliphatic carbocycles. The predicted molar refractivity (Wildman–Crippen MR) is 71.9 cm³/mol. The van der Waals surface area contributed by atoms with Crippen LogP contribution in [0.4, 0.5) is 5.69 Å². The molecular formula is C14H20N2O2. The molecule has 0 aromatic heterocycles. The summed E-state index contributed by atoms with van der Waals surface area (Å²) in [7, 11) is 1.61. The largest absolute Gasteiger partial charge is 0.495 e. The van der Waals surface area contributed by atoms with Crippen molar-refractivity contribution in [2.24, 2.45) is 0 Å². The minimum absolute atomic E-state index is 0.0814. The van der Waals surface area contributed by atoms with Crippen molar-refractivity contribution < 1.29 is 9.53 Å². The van der Waals surface area contributed by atoms with E-state index < -0.39 is 0 Å². The molecule has 4 heteroatoms. The van der Waals surface area contributed by atoms with Gasteiger partial charge in [-0.1, -0.05) is 12.5 Å². The van der Waals surface area contributed by atoms with Crippen LogP contribution in [-0.4, -0.2) is 19.6 Å². The Morgan fingerprint density at radius 2 is 2.28 bits per heavy atom. The van der Waals surface area contributed by atoms with Crippen LogP contribution in [0.25, 0.3) is 0 Å². The highest BCUT2D eigenvalue weighted by atomic mass is 16.5. The highest BCUT2D eigenvalue weighted by molar-refractivity contribution is 5.90. The third-order valence-corrected chi connectivity index (χ3v) is 3.25. The molecule has 2 rings (SSSR count). The zero-order valence-corrected chi connectivity index (χ0v) is 11.0. The van der Waals surface area contributed by atoms with E-state index in [0.717, 1.165) is 18.7 Å². The second-order valence-electron chi connectivity index (χ2n) is 4.64. The fraction of sp³-hybridized carbons (Fsp3) is 0.500. The van der Waals surface area contributed by atoms with Gasteiger partial charge in [0.15, 0.2) is 0 Å². The first-order chi connectivity index (χ1) is 8.70. The Kier molecular flexibility index (Phi) is 4.20. The number of nitrogens with one attached hydrogen (secondary N) is 2. The van der Waals surface area contributed by atoms with Crippen LogP contribution in [0.15, 0.2) is 18.2 Å². The van der Waals surface area contributed by atoms with Gasteiger partial charge in [0.25, 0.3) is 0 Å². The summed E-state index contributed by atoms with van der Waals surface area (Å²) in [4.78, 5) is 11.2. The Morgan fingerprint density at radius 1 is 1.44 bits per heavy atom. The SMILES string of the molecule is COc1ccc(C2CCCCN2)cc1NC(C)=O. The molecule has 98 valence electrons. The van der Waals surface area contributed by atoms with Gasteiger partial charge < -0.3 is 15.4 Å². The van der Waals surface area contributed by atoms with E-state index in [2.05, 4.69) is 16.7 Å². The van der Waals surface area contributed by atoms with Gasteiger partial charge in [-0.2, -0.15) is 0 Å². The zero-order valence-electron chi connectivity index (χ0n) is 11.0. The maximum absolute atomic E-state index is 11.2. The van der Waals surface area contributed by atoms with E-state index >= 15 is 0 Å². The van der Waals surface area contributed by atoms with Gasteiger partial charge in [0.2, 0.25) is 5.91 Å². The summed E-state index contributed by atoms with van der Waals surface area (Å²) in [5.41, 5.74) is 1.95. The third kappa shape index (κ3) is 3.01. The normalized spacial score (nSPS) is 19.3. The summed E-state index contributed by atoms with van der Waals surface area (Å²) in [6.45, 7) is 2.57. The molecular weight excluding hydrogens is 228 g/mol. The molecule has 1 aromatic rings. The minimum Gasteiger partial charge on any atom is -0.495 e. The van der Waals surface area contributed by atoms with Crippen LogP contribution >= 0.6 is 0 Å². The van der Waals surface area contributed by atoms with Crippen molar-refractivity contribution in [1.82, 2.24) is 5.32 Å². The topological polar surface area (TPSA) is 50.4 Å². The summed E-state index contributed by atoms with van der Waals surface area (Å²) in [6, 6.07) is 6.37. The number of ether oxygens (including phenoxy) is 1. The molecule has 1 unspecified atom stereocenters. The van der Waals surface area contributed by atoms with E-state index in [0.29, 0.717) is 11.8 Å². The first kappa shape index (κ1) is 12.9. The molecule has 1 atom stereocenters. The zero-order chi connectivity index (χ0) is 13.0. The maximum Gasteiger partial charge on any atom is 0.221 e. The molecule has 4 nitrogen and oxygen atoms in total. The van der Waals surface area contributed by atoms with Gasteiger partial charge in [0.05, 0.1) is 12.8 Å². The summed E-state index contributed by atoms with van der Waals surface area (Å²) in [5, 5.41) is 6.31. The van der Waals surface area contributed by atoms with Crippen molar-refractivity contribution in [2.45, 2.75) is 32.2 Å². The summed E-state index contributed by atoms with van der Waals surface area (Å²) in [6.07, 6.45) is 3.64. The fourth-order valence-electron chi connectivity index (χ4n) is 2.37. The Balaban J connectivity index is 2.23. The Hall–Kier alpha value is -1.55. The number of rotatable bonds is 3. The van der Waals surface area contributed by atoms with Crippen molar-refractivity contribution in [1.29, 1.82) is 0 Å². The molecule has 1 saturated heterocycles. The van der Waals surface area contributed by atoms with Crippen LogP contribution in [0.2, 0.25) is 0 Å². The molecule has 1 aromatic carbocycles. The average molecular weight is 248 g/mol. The Labute approximate surface area is 108 Å². The van der Waals surface area contributed by atoms with Gasteiger partial charge in [-0.15, -0.1) is 0 Å². The predicted octanol–water partition coefficient (Wildman–Crippen LogP) is 2.47. The fourth-order valence-corrected chi connectivity index (χ4v) is 2.37. The lowest BCUT2D eigenvalue weighted by Gasteiger charge is -2.24. The maximum atomic E-state index is 11.2. The summed E-state index contributed by atoms with van der Waals surface area (Å²) < 4.78 is 5.25. The number of methoxy groups -OCH3 is 1. The molecule has 0 spiro atoms. The second kappa shape index (κ2) is 5.87. The van der Waals surface area contributed by atoms with Crippen LogP contribution in [0.3, 0.4) is 0 Å². The number of carbonyl (C=O) groups excluding carboxylic acids is 1. The molecule has 1 fully saturated rings. The van der Waals surface area contributed by atoms with E-state index in [1.165, 1.54) is 25.3 Å². The van der Waals surface area contributed by atoms with E-state index in [1.807, 2.05) is 12.1 Å². The van der Waals surface area contributed by atoms with E-state index in [9.17, 15) is 4.79 Å².